The maximum absolute atomic E-state index is 13.7. The largest absolute Gasteiger partial charge is 0.352 e. The van der Waals surface area contributed by atoms with Gasteiger partial charge in [-0.3, -0.25) is 9.59 Å². The molecular formula is C21H21F3N2O2. The lowest BCUT2D eigenvalue weighted by Crippen LogP contribution is -2.35. The zero-order valence-electron chi connectivity index (χ0n) is 15.2. The maximum Gasteiger partial charge on any atom is 0.227 e. The van der Waals surface area contributed by atoms with Gasteiger partial charge < -0.3 is 10.6 Å². The van der Waals surface area contributed by atoms with Gasteiger partial charge in [-0.2, -0.15) is 0 Å². The molecule has 2 amide bonds. The number of carbonyl (C=O) groups excluding carboxylic acids is 2. The first-order valence-corrected chi connectivity index (χ1v) is 9.21. The van der Waals surface area contributed by atoms with Crippen LogP contribution in [-0.4, -0.2) is 11.8 Å². The first-order chi connectivity index (χ1) is 13.4. The molecule has 1 saturated carbocycles. The Morgan fingerprint density at radius 2 is 1.50 bits per heavy atom. The average molecular weight is 390 g/mol. The summed E-state index contributed by atoms with van der Waals surface area (Å²) in [4.78, 5) is 24.6. The van der Waals surface area contributed by atoms with Crippen LogP contribution in [0.4, 0.5) is 18.9 Å². The molecule has 0 aliphatic heterocycles. The number of halogens is 3. The van der Waals surface area contributed by atoms with Gasteiger partial charge in [0.05, 0.1) is 5.69 Å². The minimum atomic E-state index is -0.824. The highest BCUT2D eigenvalue weighted by molar-refractivity contribution is 5.92. The first kappa shape index (κ1) is 19.9. The van der Waals surface area contributed by atoms with Crippen molar-refractivity contribution in [3.8, 4) is 0 Å². The van der Waals surface area contributed by atoms with Gasteiger partial charge in [-0.05, 0) is 43.9 Å². The van der Waals surface area contributed by atoms with Crippen LogP contribution in [0.5, 0.6) is 0 Å². The van der Waals surface area contributed by atoms with E-state index in [1.165, 1.54) is 12.1 Å². The number of hydrogen-bond donors (Lipinski definition) is 2. The van der Waals surface area contributed by atoms with E-state index in [-0.39, 0.29) is 41.7 Å². The van der Waals surface area contributed by atoms with E-state index < -0.39 is 11.6 Å². The van der Waals surface area contributed by atoms with Crippen LogP contribution in [0.25, 0.3) is 0 Å². The van der Waals surface area contributed by atoms with Gasteiger partial charge >= 0.3 is 0 Å². The van der Waals surface area contributed by atoms with Crippen molar-refractivity contribution in [1.82, 2.24) is 5.32 Å². The second-order valence-corrected chi connectivity index (χ2v) is 6.97. The van der Waals surface area contributed by atoms with Gasteiger partial charge in [0, 0.05) is 30.0 Å². The molecule has 28 heavy (non-hydrogen) atoms. The Kier molecular flexibility index (Phi) is 6.34. The smallest absolute Gasteiger partial charge is 0.227 e. The van der Waals surface area contributed by atoms with E-state index in [0.717, 1.165) is 6.07 Å². The fourth-order valence-electron chi connectivity index (χ4n) is 3.41. The summed E-state index contributed by atoms with van der Waals surface area (Å²) in [5, 5.41) is 5.22. The number of rotatable bonds is 5. The molecule has 1 fully saturated rings. The summed E-state index contributed by atoms with van der Waals surface area (Å²) >= 11 is 0. The van der Waals surface area contributed by atoms with E-state index in [2.05, 4.69) is 10.6 Å². The molecule has 2 N–H and O–H groups in total. The summed E-state index contributed by atoms with van der Waals surface area (Å²) in [6.45, 7) is 0.121. The minimum absolute atomic E-state index is 0.0591. The molecule has 0 saturated heterocycles. The van der Waals surface area contributed by atoms with Gasteiger partial charge in [0.15, 0.2) is 0 Å². The molecule has 1 aliphatic rings. The van der Waals surface area contributed by atoms with E-state index >= 15 is 0 Å². The summed E-state index contributed by atoms with van der Waals surface area (Å²) in [6.07, 6.45) is 2.03. The maximum atomic E-state index is 13.7. The summed E-state index contributed by atoms with van der Waals surface area (Å²) in [5.41, 5.74) is 0.362. The van der Waals surface area contributed by atoms with Crippen LogP contribution in [0.1, 0.15) is 31.2 Å². The SMILES string of the molecule is O=C(NCc1ccccc1F)C1CCC(C(=O)Nc2ccc(F)cc2F)CC1. The molecule has 2 aromatic rings. The lowest BCUT2D eigenvalue weighted by Gasteiger charge is -2.27. The van der Waals surface area contributed by atoms with Crippen LogP contribution in [0.2, 0.25) is 0 Å². The Morgan fingerprint density at radius 3 is 2.14 bits per heavy atom. The van der Waals surface area contributed by atoms with E-state index in [0.29, 0.717) is 37.3 Å². The zero-order valence-corrected chi connectivity index (χ0v) is 15.2. The fraction of sp³-hybridized carbons (Fsp3) is 0.333. The van der Waals surface area contributed by atoms with Crippen LogP contribution in [0.3, 0.4) is 0 Å². The third kappa shape index (κ3) is 4.91. The van der Waals surface area contributed by atoms with Crippen molar-refractivity contribution >= 4 is 17.5 Å². The van der Waals surface area contributed by atoms with E-state index in [1.54, 1.807) is 18.2 Å². The van der Waals surface area contributed by atoms with E-state index in [4.69, 9.17) is 0 Å². The van der Waals surface area contributed by atoms with Crippen molar-refractivity contribution in [2.75, 3.05) is 5.32 Å². The number of hydrogen-bond acceptors (Lipinski definition) is 2. The molecule has 0 bridgehead atoms. The fourth-order valence-corrected chi connectivity index (χ4v) is 3.41. The zero-order chi connectivity index (χ0) is 20.1. The van der Waals surface area contributed by atoms with Crippen molar-refractivity contribution in [1.29, 1.82) is 0 Å². The Morgan fingerprint density at radius 1 is 0.857 bits per heavy atom. The van der Waals surface area contributed by atoms with Crippen LogP contribution >= 0.6 is 0 Å². The molecule has 0 radical (unpaired) electrons. The highest BCUT2D eigenvalue weighted by Crippen LogP contribution is 2.30. The molecule has 0 aromatic heterocycles. The lowest BCUT2D eigenvalue weighted by atomic mass is 9.81. The molecule has 0 heterocycles. The summed E-state index contributed by atoms with van der Waals surface area (Å²) in [7, 11) is 0. The number of amides is 2. The summed E-state index contributed by atoms with van der Waals surface area (Å²) in [5.74, 6) is -2.97. The molecule has 148 valence electrons. The Bertz CT molecular complexity index is 864. The van der Waals surface area contributed by atoms with Crippen molar-refractivity contribution in [3.05, 3.63) is 65.5 Å². The highest BCUT2D eigenvalue weighted by atomic mass is 19.1. The van der Waals surface area contributed by atoms with Crippen molar-refractivity contribution < 1.29 is 22.8 Å². The normalized spacial score (nSPS) is 19.1. The topological polar surface area (TPSA) is 58.2 Å². The van der Waals surface area contributed by atoms with Crippen molar-refractivity contribution in [2.24, 2.45) is 11.8 Å². The quantitative estimate of drug-likeness (QED) is 0.805. The number of anilines is 1. The van der Waals surface area contributed by atoms with E-state index in [1.807, 2.05) is 0 Å². The van der Waals surface area contributed by atoms with Gasteiger partial charge in [0.25, 0.3) is 0 Å². The third-order valence-corrected chi connectivity index (χ3v) is 5.07. The summed E-state index contributed by atoms with van der Waals surface area (Å²) < 4.78 is 40.2. The lowest BCUT2D eigenvalue weighted by molar-refractivity contribution is -0.128. The van der Waals surface area contributed by atoms with Gasteiger partial charge in [0.2, 0.25) is 11.8 Å². The molecule has 4 nitrogen and oxygen atoms in total. The third-order valence-electron chi connectivity index (χ3n) is 5.07. The van der Waals surface area contributed by atoms with Gasteiger partial charge in [-0.1, -0.05) is 18.2 Å². The molecule has 7 heteroatoms. The molecule has 0 unspecified atom stereocenters. The van der Waals surface area contributed by atoms with Crippen LogP contribution in [0.15, 0.2) is 42.5 Å². The second-order valence-electron chi connectivity index (χ2n) is 6.97. The van der Waals surface area contributed by atoms with Crippen LogP contribution in [-0.2, 0) is 16.1 Å². The van der Waals surface area contributed by atoms with Gasteiger partial charge in [-0.15, -0.1) is 0 Å². The predicted molar refractivity (Wildman–Crippen MR) is 98.7 cm³/mol. The van der Waals surface area contributed by atoms with E-state index in [9.17, 15) is 22.8 Å². The standard InChI is InChI=1S/C21H21F3N2O2/c22-16-9-10-19(18(24)11-16)26-21(28)14-7-5-13(6-8-14)20(27)25-12-15-3-1-2-4-17(15)23/h1-4,9-11,13-14H,5-8,12H2,(H,25,27)(H,26,28). The Balaban J connectivity index is 1.47. The number of benzene rings is 2. The van der Waals surface area contributed by atoms with Crippen molar-refractivity contribution in [2.45, 2.75) is 32.2 Å². The first-order valence-electron chi connectivity index (χ1n) is 9.21. The van der Waals surface area contributed by atoms with Crippen LogP contribution < -0.4 is 10.6 Å². The Hall–Kier alpha value is -2.83. The number of carbonyl (C=O) groups is 2. The molecule has 2 aromatic carbocycles. The summed E-state index contributed by atoms with van der Waals surface area (Å²) in [6, 6.07) is 9.23. The molecular weight excluding hydrogens is 369 g/mol. The average Bonchev–Trinajstić information content (AvgIpc) is 2.69. The highest BCUT2D eigenvalue weighted by Gasteiger charge is 2.30. The minimum Gasteiger partial charge on any atom is -0.352 e. The van der Waals surface area contributed by atoms with Crippen LogP contribution in [0, 0.1) is 29.3 Å². The molecule has 0 atom stereocenters. The van der Waals surface area contributed by atoms with Gasteiger partial charge in [0.1, 0.15) is 17.5 Å². The number of nitrogens with one attached hydrogen (secondary N) is 2. The predicted octanol–water partition coefficient (Wildman–Crippen LogP) is 4.17. The Labute approximate surface area is 161 Å². The van der Waals surface area contributed by atoms with Crippen molar-refractivity contribution in [3.63, 3.8) is 0 Å². The van der Waals surface area contributed by atoms with Gasteiger partial charge in [-0.25, -0.2) is 13.2 Å². The monoisotopic (exact) mass is 390 g/mol. The molecule has 1 aliphatic carbocycles. The molecule has 3 rings (SSSR count). The second kappa shape index (κ2) is 8.91. The molecule has 0 spiro atoms.